The number of hydrogen-bond acceptors (Lipinski definition) is 2. The van der Waals surface area contributed by atoms with Gasteiger partial charge in [0.25, 0.3) is 0 Å². The predicted octanol–water partition coefficient (Wildman–Crippen LogP) is 2.42. The summed E-state index contributed by atoms with van der Waals surface area (Å²) < 4.78 is 0. The third-order valence-corrected chi connectivity index (χ3v) is 3.76. The number of nitrogens with zero attached hydrogens (tertiary/aromatic N) is 1. The Labute approximate surface area is 118 Å². The summed E-state index contributed by atoms with van der Waals surface area (Å²) in [5.74, 6) is -1.09. The van der Waals surface area contributed by atoms with Crippen LogP contribution in [0.3, 0.4) is 0 Å². The van der Waals surface area contributed by atoms with Gasteiger partial charge >= 0.3 is 5.97 Å². The number of allylic oxidation sites excluding steroid dienone is 1. The Morgan fingerprint density at radius 1 is 1.40 bits per heavy atom. The summed E-state index contributed by atoms with van der Waals surface area (Å²) in [5.41, 5.74) is 1.03. The molecule has 1 amide bonds. The van der Waals surface area contributed by atoms with E-state index in [2.05, 4.69) is 6.58 Å². The largest absolute Gasteiger partial charge is 0.480 e. The smallest absolute Gasteiger partial charge is 0.326 e. The maximum Gasteiger partial charge on any atom is 0.326 e. The number of aliphatic carboxylic acids is 1. The maximum atomic E-state index is 12.3. The molecule has 1 aliphatic rings. The van der Waals surface area contributed by atoms with Crippen LogP contribution in [0.2, 0.25) is 0 Å². The average Bonchev–Trinajstić information content (AvgIpc) is 2.95. The van der Waals surface area contributed by atoms with E-state index in [0.717, 1.165) is 12.0 Å². The highest BCUT2D eigenvalue weighted by Crippen LogP contribution is 2.25. The summed E-state index contributed by atoms with van der Waals surface area (Å²) in [6.07, 6.45) is 3.33. The van der Waals surface area contributed by atoms with Gasteiger partial charge in [0.15, 0.2) is 0 Å². The summed E-state index contributed by atoms with van der Waals surface area (Å²) in [4.78, 5) is 24.9. The number of hydrogen-bond donors (Lipinski definition) is 1. The molecule has 20 heavy (non-hydrogen) atoms. The van der Waals surface area contributed by atoms with Crippen LogP contribution in [0, 0.1) is 0 Å². The molecule has 2 rings (SSSR count). The molecule has 106 valence electrons. The van der Waals surface area contributed by atoms with Gasteiger partial charge in [-0.3, -0.25) is 4.79 Å². The van der Waals surface area contributed by atoms with Gasteiger partial charge < -0.3 is 10.0 Å². The van der Waals surface area contributed by atoms with Crippen molar-refractivity contribution in [2.45, 2.75) is 31.2 Å². The molecule has 1 unspecified atom stereocenters. The van der Waals surface area contributed by atoms with Crippen LogP contribution in [0.1, 0.15) is 30.7 Å². The van der Waals surface area contributed by atoms with Crippen molar-refractivity contribution in [2.75, 3.05) is 6.54 Å². The molecule has 0 aromatic heterocycles. The van der Waals surface area contributed by atoms with E-state index in [1.54, 1.807) is 6.08 Å². The van der Waals surface area contributed by atoms with E-state index in [-0.39, 0.29) is 18.2 Å². The van der Waals surface area contributed by atoms with E-state index in [0.29, 0.717) is 13.0 Å². The van der Waals surface area contributed by atoms with Crippen molar-refractivity contribution in [1.29, 1.82) is 0 Å². The van der Waals surface area contributed by atoms with Crippen molar-refractivity contribution in [3.05, 3.63) is 48.6 Å². The Kier molecular flexibility index (Phi) is 4.56. The average molecular weight is 273 g/mol. The Hall–Kier alpha value is -2.10. The third-order valence-electron chi connectivity index (χ3n) is 3.76. The molecule has 2 atom stereocenters. The minimum absolute atomic E-state index is 0.0706. The van der Waals surface area contributed by atoms with Crippen molar-refractivity contribution in [1.82, 2.24) is 4.90 Å². The van der Waals surface area contributed by atoms with Gasteiger partial charge in [-0.25, -0.2) is 4.79 Å². The van der Waals surface area contributed by atoms with Gasteiger partial charge in [-0.05, 0) is 18.4 Å². The molecule has 1 aliphatic heterocycles. The number of carbonyl (C=O) groups is 2. The zero-order chi connectivity index (χ0) is 14.5. The number of likely N-dealkylation sites (tertiary alicyclic amines) is 1. The Bertz CT molecular complexity index is 498. The van der Waals surface area contributed by atoms with Crippen LogP contribution < -0.4 is 0 Å². The first-order chi connectivity index (χ1) is 9.63. The summed E-state index contributed by atoms with van der Waals surface area (Å²) in [7, 11) is 0. The lowest BCUT2D eigenvalue weighted by Gasteiger charge is -2.23. The van der Waals surface area contributed by atoms with Crippen molar-refractivity contribution >= 4 is 11.9 Å². The first-order valence-electron chi connectivity index (χ1n) is 6.83. The molecule has 1 heterocycles. The highest BCUT2D eigenvalue weighted by Gasteiger charge is 2.34. The molecule has 1 fully saturated rings. The number of carbonyl (C=O) groups excluding carboxylic acids is 1. The van der Waals surface area contributed by atoms with E-state index in [1.165, 1.54) is 4.90 Å². The standard InChI is InChI=1S/C16H19NO3/c1-2-12(13-7-4-3-5-8-13)11-15(18)17-10-6-9-14(17)16(19)20/h2-5,7-8,12,14H,1,6,9-11H2,(H,19,20)/t12?,14-/m1/s1. The quantitative estimate of drug-likeness (QED) is 0.838. The van der Waals surface area contributed by atoms with Crippen LogP contribution in [-0.4, -0.2) is 34.5 Å². The fourth-order valence-electron chi connectivity index (χ4n) is 2.66. The summed E-state index contributed by atoms with van der Waals surface area (Å²) in [5, 5.41) is 9.13. The normalized spacial score (nSPS) is 19.6. The molecule has 0 bridgehead atoms. The second-order valence-corrected chi connectivity index (χ2v) is 5.04. The fourth-order valence-corrected chi connectivity index (χ4v) is 2.66. The molecule has 1 saturated heterocycles. The highest BCUT2D eigenvalue weighted by atomic mass is 16.4. The molecule has 0 saturated carbocycles. The lowest BCUT2D eigenvalue weighted by atomic mass is 9.95. The lowest BCUT2D eigenvalue weighted by Crippen LogP contribution is -2.40. The number of carboxylic acid groups (broad SMARTS) is 1. The van der Waals surface area contributed by atoms with Crippen LogP contribution >= 0.6 is 0 Å². The first-order valence-corrected chi connectivity index (χ1v) is 6.83. The van der Waals surface area contributed by atoms with Gasteiger partial charge in [0.2, 0.25) is 5.91 Å². The van der Waals surface area contributed by atoms with Crippen molar-refractivity contribution < 1.29 is 14.7 Å². The molecule has 0 radical (unpaired) electrons. The van der Waals surface area contributed by atoms with Crippen LogP contribution in [0.4, 0.5) is 0 Å². The van der Waals surface area contributed by atoms with Crippen molar-refractivity contribution in [2.24, 2.45) is 0 Å². The third kappa shape index (κ3) is 3.07. The van der Waals surface area contributed by atoms with Crippen LogP contribution in [0.5, 0.6) is 0 Å². The number of rotatable bonds is 5. The summed E-state index contributed by atoms with van der Waals surface area (Å²) >= 11 is 0. The molecule has 0 spiro atoms. The summed E-state index contributed by atoms with van der Waals surface area (Å²) in [6.45, 7) is 4.32. The number of benzene rings is 1. The van der Waals surface area contributed by atoms with Gasteiger partial charge in [0.1, 0.15) is 6.04 Å². The molecule has 1 aromatic carbocycles. The molecule has 1 aromatic rings. The van der Waals surface area contributed by atoms with Gasteiger partial charge in [-0.1, -0.05) is 36.4 Å². The number of amides is 1. The minimum Gasteiger partial charge on any atom is -0.480 e. The van der Waals surface area contributed by atoms with E-state index in [9.17, 15) is 9.59 Å². The highest BCUT2D eigenvalue weighted by molar-refractivity contribution is 5.84. The SMILES string of the molecule is C=CC(CC(=O)N1CCC[C@@H]1C(=O)O)c1ccccc1. The second-order valence-electron chi connectivity index (χ2n) is 5.04. The fraction of sp³-hybridized carbons (Fsp3) is 0.375. The topological polar surface area (TPSA) is 57.6 Å². The Balaban J connectivity index is 2.06. The predicted molar refractivity (Wildman–Crippen MR) is 76.4 cm³/mol. The van der Waals surface area contributed by atoms with Gasteiger partial charge in [0.05, 0.1) is 0 Å². The van der Waals surface area contributed by atoms with Gasteiger partial charge in [0, 0.05) is 18.9 Å². The molecular formula is C16H19NO3. The Morgan fingerprint density at radius 3 is 2.70 bits per heavy atom. The van der Waals surface area contributed by atoms with Crippen LogP contribution in [0.15, 0.2) is 43.0 Å². The minimum atomic E-state index is -0.911. The molecule has 4 heteroatoms. The zero-order valence-corrected chi connectivity index (χ0v) is 11.4. The molecule has 4 nitrogen and oxygen atoms in total. The molecular weight excluding hydrogens is 254 g/mol. The summed E-state index contributed by atoms with van der Waals surface area (Å²) in [6, 6.07) is 9.02. The van der Waals surface area contributed by atoms with E-state index < -0.39 is 12.0 Å². The maximum absolute atomic E-state index is 12.3. The van der Waals surface area contributed by atoms with E-state index >= 15 is 0 Å². The van der Waals surface area contributed by atoms with Crippen LogP contribution in [0.25, 0.3) is 0 Å². The van der Waals surface area contributed by atoms with E-state index in [4.69, 9.17) is 5.11 Å². The van der Waals surface area contributed by atoms with Crippen molar-refractivity contribution in [3.8, 4) is 0 Å². The second kappa shape index (κ2) is 6.37. The van der Waals surface area contributed by atoms with Gasteiger partial charge in [-0.2, -0.15) is 0 Å². The Morgan fingerprint density at radius 2 is 2.10 bits per heavy atom. The molecule has 0 aliphatic carbocycles. The first kappa shape index (κ1) is 14.3. The number of carboxylic acids is 1. The van der Waals surface area contributed by atoms with Crippen LogP contribution in [-0.2, 0) is 9.59 Å². The molecule has 1 N–H and O–H groups in total. The monoisotopic (exact) mass is 273 g/mol. The van der Waals surface area contributed by atoms with E-state index in [1.807, 2.05) is 30.3 Å². The van der Waals surface area contributed by atoms with Gasteiger partial charge in [-0.15, -0.1) is 6.58 Å². The van der Waals surface area contributed by atoms with Crippen molar-refractivity contribution in [3.63, 3.8) is 0 Å². The lowest BCUT2D eigenvalue weighted by molar-refractivity contribution is -0.148. The zero-order valence-electron chi connectivity index (χ0n) is 11.4.